The number of carbonyl (C=O) groups is 1. The standard InChI is InChI=1S/C21H23Cl2N3O3S/c22-19-13-7-8-16(21(19)23)14-24-25-20(27)15-26(17-9-3-1-4-10-17)30(28,29)18-11-5-2-6-12-18/h2,5-8,11-14,17H,1,3-4,9-10,15H2,(H,25,27)/b24-14+. The Hall–Kier alpha value is -1.93. The molecule has 0 bridgehead atoms. The highest BCUT2D eigenvalue weighted by Crippen LogP contribution is 2.28. The third kappa shape index (κ3) is 5.60. The lowest BCUT2D eigenvalue weighted by Crippen LogP contribution is -2.46. The number of hydrazone groups is 1. The summed E-state index contributed by atoms with van der Waals surface area (Å²) in [6.07, 6.45) is 5.81. The Bertz CT molecular complexity index is 1010. The molecule has 160 valence electrons. The van der Waals surface area contributed by atoms with Crippen LogP contribution in [0.4, 0.5) is 0 Å². The number of benzene rings is 2. The predicted octanol–water partition coefficient (Wildman–Crippen LogP) is 4.47. The maximum Gasteiger partial charge on any atom is 0.255 e. The summed E-state index contributed by atoms with van der Waals surface area (Å²) in [6, 6.07) is 13.1. The largest absolute Gasteiger partial charge is 0.272 e. The van der Waals surface area contributed by atoms with E-state index in [1.165, 1.54) is 10.5 Å². The first-order valence-corrected chi connectivity index (χ1v) is 11.9. The minimum Gasteiger partial charge on any atom is -0.272 e. The summed E-state index contributed by atoms with van der Waals surface area (Å²) in [7, 11) is -3.80. The predicted molar refractivity (Wildman–Crippen MR) is 119 cm³/mol. The van der Waals surface area contributed by atoms with E-state index >= 15 is 0 Å². The fraction of sp³-hybridized carbons (Fsp3) is 0.333. The molecule has 0 spiro atoms. The highest BCUT2D eigenvalue weighted by Gasteiger charge is 2.33. The van der Waals surface area contributed by atoms with Gasteiger partial charge >= 0.3 is 0 Å². The van der Waals surface area contributed by atoms with Gasteiger partial charge in [-0.2, -0.15) is 9.41 Å². The van der Waals surface area contributed by atoms with Gasteiger partial charge in [-0.25, -0.2) is 13.8 Å². The fourth-order valence-electron chi connectivity index (χ4n) is 3.48. The van der Waals surface area contributed by atoms with Crippen molar-refractivity contribution in [1.82, 2.24) is 9.73 Å². The van der Waals surface area contributed by atoms with Crippen molar-refractivity contribution < 1.29 is 13.2 Å². The van der Waals surface area contributed by atoms with Crippen molar-refractivity contribution in [1.29, 1.82) is 0 Å². The smallest absolute Gasteiger partial charge is 0.255 e. The Balaban J connectivity index is 1.75. The second kappa shape index (κ2) is 10.4. The van der Waals surface area contributed by atoms with E-state index < -0.39 is 15.9 Å². The molecule has 0 aliphatic heterocycles. The number of hydrogen-bond donors (Lipinski definition) is 1. The number of nitrogens with one attached hydrogen (secondary N) is 1. The molecule has 1 amide bonds. The summed E-state index contributed by atoms with van der Waals surface area (Å²) in [4.78, 5) is 12.7. The molecular formula is C21H23Cl2N3O3S. The fourth-order valence-corrected chi connectivity index (χ4v) is 5.50. The first-order chi connectivity index (χ1) is 14.4. The zero-order valence-corrected chi connectivity index (χ0v) is 18.6. The molecule has 0 aromatic heterocycles. The molecule has 2 aromatic carbocycles. The minimum atomic E-state index is -3.80. The van der Waals surface area contributed by atoms with E-state index in [1.807, 2.05) is 0 Å². The van der Waals surface area contributed by atoms with Gasteiger partial charge in [0, 0.05) is 11.6 Å². The first kappa shape index (κ1) is 22.7. The molecule has 6 nitrogen and oxygen atoms in total. The summed E-state index contributed by atoms with van der Waals surface area (Å²) in [5.74, 6) is -0.519. The SMILES string of the molecule is O=C(CN(C1CCCCC1)S(=O)(=O)c1ccccc1)N/N=C/c1cccc(Cl)c1Cl. The van der Waals surface area contributed by atoms with Crippen LogP contribution >= 0.6 is 23.2 Å². The number of hydrogen-bond acceptors (Lipinski definition) is 4. The van der Waals surface area contributed by atoms with Gasteiger partial charge in [-0.15, -0.1) is 0 Å². The van der Waals surface area contributed by atoms with Crippen LogP contribution in [0.1, 0.15) is 37.7 Å². The molecule has 0 unspecified atom stereocenters. The number of amides is 1. The maximum absolute atomic E-state index is 13.2. The molecule has 2 aromatic rings. The second-order valence-corrected chi connectivity index (χ2v) is 9.77. The Morgan fingerprint density at radius 3 is 2.47 bits per heavy atom. The third-order valence-corrected chi connectivity index (χ3v) is 7.75. The summed E-state index contributed by atoms with van der Waals surface area (Å²) >= 11 is 12.1. The van der Waals surface area contributed by atoms with Crippen molar-refractivity contribution in [2.24, 2.45) is 5.10 Å². The number of rotatable bonds is 7. The van der Waals surface area contributed by atoms with E-state index in [0.717, 1.165) is 32.1 Å². The zero-order chi connectivity index (χ0) is 21.6. The van der Waals surface area contributed by atoms with Crippen LogP contribution in [-0.2, 0) is 14.8 Å². The number of halogens is 2. The Kier molecular flexibility index (Phi) is 7.88. The van der Waals surface area contributed by atoms with Crippen molar-refractivity contribution >= 4 is 45.3 Å². The Morgan fingerprint density at radius 1 is 1.07 bits per heavy atom. The average Bonchev–Trinajstić information content (AvgIpc) is 2.76. The molecule has 0 saturated heterocycles. The van der Waals surface area contributed by atoms with E-state index in [1.54, 1.807) is 48.5 Å². The summed E-state index contributed by atoms with van der Waals surface area (Å²) in [6.45, 7) is -0.303. The highest BCUT2D eigenvalue weighted by molar-refractivity contribution is 7.89. The lowest BCUT2D eigenvalue weighted by atomic mass is 9.95. The molecule has 1 aliphatic rings. The van der Waals surface area contributed by atoms with Gasteiger partial charge in [0.05, 0.1) is 27.7 Å². The molecule has 9 heteroatoms. The second-order valence-electron chi connectivity index (χ2n) is 7.09. The van der Waals surface area contributed by atoms with E-state index in [-0.39, 0.29) is 17.5 Å². The topological polar surface area (TPSA) is 78.8 Å². The molecular weight excluding hydrogens is 445 g/mol. The van der Waals surface area contributed by atoms with Crippen LogP contribution < -0.4 is 5.43 Å². The van der Waals surface area contributed by atoms with Gasteiger partial charge in [0.1, 0.15) is 0 Å². The Morgan fingerprint density at radius 2 is 1.77 bits per heavy atom. The first-order valence-electron chi connectivity index (χ1n) is 9.72. The van der Waals surface area contributed by atoms with Gasteiger partial charge in [-0.1, -0.05) is 72.8 Å². The molecule has 1 fully saturated rings. The van der Waals surface area contributed by atoms with Crippen molar-refractivity contribution in [3.63, 3.8) is 0 Å². The van der Waals surface area contributed by atoms with E-state index in [4.69, 9.17) is 23.2 Å². The lowest BCUT2D eigenvalue weighted by Gasteiger charge is -2.32. The molecule has 30 heavy (non-hydrogen) atoms. The van der Waals surface area contributed by atoms with Crippen LogP contribution in [0.25, 0.3) is 0 Å². The van der Waals surface area contributed by atoms with Gasteiger partial charge in [0.25, 0.3) is 5.91 Å². The zero-order valence-electron chi connectivity index (χ0n) is 16.3. The molecule has 0 heterocycles. The normalized spacial score (nSPS) is 15.6. The summed E-state index contributed by atoms with van der Waals surface area (Å²) in [5, 5.41) is 4.61. The average molecular weight is 468 g/mol. The van der Waals surface area contributed by atoms with E-state index in [9.17, 15) is 13.2 Å². The van der Waals surface area contributed by atoms with Crippen LogP contribution in [0.15, 0.2) is 58.5 Å². The van der Waals surface area contributed by atoms with Gasteiger partial charge in [-0.05, 0) is 31.0 Å². The van der Waals surface area contributed by atoms with E-state index in [2.05, 4.69) is 10.5 Å². The van der Waals surface area contributed by atoms with Gasteiger partial charge in [0.2, 0.25) is 10.0 Å². The van der Waals surface area contributed by atoms with Crippen molar-refractivity contribution in [3.05, 3.63) is 64.1 Å². The summed E-state index contributed by atoms with van der Waals surface area (Å²) < 4.78 is 27.7. The molecule has 3 rings (SSSR count). The van der Waals surface area contributed by atoms with Crippen molar-refractivity contribution in [2.45, 2.75) is 43.0 Å². The monoisotopic (exact) mass is 467 g/mol. The lowest BCUT2D eigenvalue weighted by molar-refractivity contribution is -0.121. The van der Waals surface area contributed by atoms with Crippen molar-refractivity contribution in [3.8, 4) is 0 Å². The minimum absolute atomic E-state index is 0.178. The molecule has 1 aliphatic carbocycles. The van der Waals surface area contributed by atoms with Gasteiger partial charge < -0.3 is 0 Å². The molecule has 0 radical (unpaired) electrons. The Labute approximate surface area is 186 Å². The maximum atomic E-state index is 13.2. The number of sulfonamides is 1. The van der Waals surface area contributed by atoms with Crippen molar-refractivity contribution in [2.75, 3.05) is 6.54 Å². The molecule has 1 N–H and O–H groups in total. The third-order valence-electron chi connectivity index (χ3n) is 5.01. The van der Waals surface area contributed by atoms with Crippen LogP contribution in [0, 0.1) is 0 Å². The van der Waals surface area contributed by atoms with Gasteiger partial charge in [0.15, 0.2) is 0 Å². The quantitative estimate of drug-likeness (QED) is 0.481. The summed E-state index contributed by atoms with van der Waals surface area (Å²) in [5.41, 5.74) is 2.94. The number of carbonyl (C=O) groups excluding carboxylic acids is 1. The highest BCUT2D eigenvalue weighted by atomic mass is 35.5. The van der Waals surface area contributed by atoms with E-state index in [0.29, 0.717) is 15.6 Å². The van der Waals surface area contributed by atoms with Gasteiger partial charge in [-0.3, -0.25) is 4.79 Å². The number of nitrogens with zero attached hydrogens (tertiary/aromatic N) is 2. The molecule has 0 atom stereocenters. The van der Waals surface area contributed by atoms with Crippen LogP contribution in [-0.4, -0.2) is 37.4 Å². The molecule has 1 saturated carbocycles. The van der Waals surface area contributed by atoms with Crippen LogP contribution in [0.2, 0.25) is 10.0 Å². The van der Waals surface area contributed by atoms with Crippen LogP contribution in [0.5, 0.6) is 0 Å². The van der Waals surface area contributed by atoms with Crippen LogP contribution in [0.3, 0.4) is 0 Å².